The van der Waals surface area contributed by atoms with Gasteiger partial charge in [0, 0.05) is 37.8 Å². The Balaban J connectivity index is 1.49. The van der Waals surface area contributed by atoms with Crippen molar-refractivity contribution in [2.24, 2.45) is 5.41 Å². The Morgan fingerprint density at radius 1 is 1.17 bits per heavy atom. The molecule has 156 valence electrons. The van der Waals surface area contributed by atoms with E-state index in [2.05, 4.69) is 5.16 Å². The lowest BCUT2D eigenvalue weighted by atomic mass is 9.76. The van der Waals surface area contributed by atoms with Gasteiger partial charge in [-0.3, -0.25) is 9.59 Å². The Kier molecular flexibility index (Phi) is 5.18. The van der Waals surface area contributed by atoms with Crippen molar-refractivity contribution in [2.75, 3.05) is 0 Å². The number of aryl methyl sites for hydroxylation is 1. The summed E-state index contributed by atoms with van der Waals surface area (Å²) in [7, 11) is 0. The molecule has 0 amide bonds. The van der Waals surface area contributed by atoms with E-state index in [4.69, 9.17) is 9.93 Å². The largest absolute Gasteiger partial charge is 0.511 e. The first kappa shape index (κ1) is 20.3. The first-order valence-corrected chi connectivity index (χ1v) is 10.3. The monoisotopic (exact) mass is 406 g/mol. The summed E-state index contributed by atoms with van der Waals surface area (Å²) in [5, 5.41) is 23.0. The van der Waals surface area contributed by atoms with Crippen molar-refractivity contribution in [3.05, 3.63) is 64.2 Å². The van der Waals surface area contributed by atoms with E-state index < -0.39 is 0 Å². The summed E-state index contributed by atoms with van der Waals surface area (Å²) in [5.74, 6) is 0.267. The molecular weight excluding hydrogens is 380 g/mol. The van der Waals surface area contributed by atoms with Gasteiger partial charge in [0.05, 0.1) is 16.8 Å². The van der Waals surface area contributed by atoms with Gasteiger partial charge in [-0.05, 0) is 23.3 Å². The molecule has 1 fully saturated rings. The number of hydrogen-bond donors (Lipinski definition) is 2. The molecule has 4 rings (SSSR count). The molecule has 1 heterocycles. The zero-order chi connectivity index (χ0) is 21.5. The molecule has 1 atom stereocenters. The summed E-state index contributed by atoms with van der Waals surface area (Å²) in [6, 6.07) is 9.70. The minimum atomic E-state index is -0.211. The number of Topliss-reactive ketones (excluding diaryl/α,β-unsaturated/α-hetero) is 2. The van der Waals surface area contributed by atoms with E-state index in [1.165, 1.54) is 0 Å². The highest BCUT2D eigenvalue weighted by molar-refractivity contribution is 6.23. The second kappa shape index (κ2) is 7.67. The molecule has 2 N–H and O–H groups in total. The van der Waals surface area contributed by atoms with Gasteiger partial charge in [0.25, 0.3) is 0 Å². The zero-order valence-electron chi connectivity index (χ0n) is 17.3. The molecule has 6 heteroatoms. The number of nitrogens with zero attached hydrogens (tertiary/aromatic N) is 1. The van der Waals surface area contributed by atoms with E-state index in [0.717, 1.165) is 5.56 Å². The van der Waals surface area contributed by atoms with Gasteiger partial charge in [0.15, 0.2) is 11.6 Å². The third kappa shape index (κ3) is 3.86. The van der Waals surface area contributed by atoms with Crippen LogP contribution in [0.2, 0.25) is 0 Å². The summed E-state index contributed by atoms with van der Waals surface area (Å²) in [6.07, 6.45) is 2.22. The van der Waals surface area contributed by atoms with E-state index >= 15 is 0 Å². The van der Waals surface area contributed by atoms with E-state index in [1.807, 2.05) is 44.2 Å². The minimum Gasteiger partial charge on any atom is -0.511 e. The van der Waals surface area contributed by atoms with E-state index in [9.17, 15) is 14.7 Å². The van der Waals surface area contributed by atoms with Crippen LogP contribution in [0.25, 0.3) is 0 Å². The smallest absolute Gasteiger partial charge is 0.168 e. The van der Waals surface area contributed by atoms with Crippen LogP contribution in [-0.2, 0) is 17.6 Å². The maximum Gasteiger partial charge on any atom is 0.168 e. The number of ketones is 2. The maximum absolute atomic E-state index is 12.7. The lowest BCUT2D eigenvalue weighted by Gasteiger charge is -2.26. The quantitative estimate of drug-likeness (QED) is 0.564. The average Bonchev–Trinajstić information content (AvgIpc) is 3.08. The highest BCUT2D eigenvalue weighted by atomic mass is 16.5. The molecule has 0 saturated heterocycles. The summed E-state index contributed by atoms with van der Waals surface area (Å²) in [4.78, 5) is 25.2. The van der Waals surface area contributed by atoms with Gasteiger partial charge in [-0.15, -0.1) is 0 Å². The lowest BCUT2D eigenvalue weighted by molar-refractivity contribution is -0.116. The zero-order valence-corrected chi connectivity index (χ0v) is 17.3. The van der Waals surface area contributed by atoms with Crippen molar-refractivity contribution in [2.45, 2.75) is 58.3 Å². The number of benzene rings is 1. The number of fused-ring (bicyclic) bond motifs is 1. The normalized spacial score (nSPS) is 22.7. The fraction of sp³-hybridized carbons (Fsp3) is 0.417. The standard InChI is InChI=1S/C24H26N2O4/c1-24(2)12-20(29)23-17(26-30-21(23)13-24)8-9-18(27)22-16(25)10-15(11-19(22)28)14-6-4-3-5-7-14/h3-7,15,25,27H,8-13H2,1-2H3/b22-18-,25-16?. The lowest BCUT2D eigenvalue weighted by Crippen LogP contribution is -2.27. The van der Waals surface area contributed by atoms with Crippen LogP contribution in [0, 0.1) is 10.8 Å². The molecule has 1 saturated carbocycles. The maximum atomic E-state index is 12.7. The van der Waals surface area contributed by atoms with Crippen molar-refractivity contribution in [3.63, 3.8) is 0 Å². The molecule has 0 radical (unpaired) electrons. The van der Waals surface area contributed by atoms with Crippen LogP contribution in [0.5, 0.6) is 0 Å². The van der Waals surface area contributed by atoms with Crippen LogP contribution < -0.4 is 0 Å². The van der Waals surface area contributed by atoms with Gasteiger partial charge in [0.2, 0.25) is 0 Å². The number of hydrogen-bond acceptors (Lipinski definition) is 6. The molecule has 2 aliphatic carbocycles. The number of aliphatic hydroxyl groups is 1. The topological polar surface area (TPSA) is 104 Å². The molecule has 1 aromatic carbocycles. The highest BCUT2D eigenvalue weighted by Crippen LogP contribution is 2.37. The second-order valence-corrected chi connectivity index (χ2v) is 9.11. The van der Waals surface area contributed by atoms with E-state index in [-0.39, 0.29) is 52.8 Å². The number of aliphatic hydroxyl groups excluding tert-OH is 1. The van der Waals surface area contributed by atoms with Crippen molar-refractivity contribution >= 4 is 17.3 Å². The predicted octanol–water partition coefficient (Wildman–Crippen LogP) is 4.74. The number of rotatable bonds is 4. The summed E-state index contributed by atoms with van der Waals surface area (Å²) in [5.41, 5.74) is 2.22. The van der Waals surface area contributed by atoms with Gasteiger partial charge in [-0.1, -0.05) is 49.3 Å². The van der Waals surface area contributed by atoms with E-state index in [0.29, 0.717) is 42.7 Å². The van der Waals surface area contributed by atoms with Gasteiger partial charge >= 0.3 is 0 Å². The minimum absolute atomic E-state index is 0.0110. The van der Waals surface area contributed by atoms with Gasteiger partial charge in [0.1, 0.15) is 11.5 Å². The van der Waals surface area contributed by atoms with Crippen LogP contribution in [0.3, 0.4) is 0 Å². The van der Waals surface area contributed by atoms with Crippen molar-refractivity contribution in [3.8, 4) is 0 Å². The third-order valence-corrected chi connectivity index (χ3v) is 6.01. The van der Waals surface area contributed by atoms with Crippen LogP contribution in [0.1, 0.15) is 72.8 Å². The van der Waals surface area contributed by atoms with E-state index in [1.54, 1.807) is 0 Å². The van der Waals surface area contributed by atoms with Crippen molar-refractivity contribution in [1.82, 2.24) is 5.16 Å². The van der Waals surface area contributed by atoms with Crippen molar-refractivity contribution in [1.29, 1.82) is 5.41 Å². The number of carbonyl (C=O) groups excluding carboxylic acids is 2. The number of aromatic nitrogens is 1. The van der Waals surface area contributed by atoms with Crippen LogP contribution in [0.4, 0.5) is 0 Å². The fourth-order valence-electron chi connectivity index (χ4n) is 4.56. The Morgan fingerprint density at radius 3 is 2.60 bits per heavy atom. The van der Waals surface area contributed by atoms with Gasteiger partial charge in [-0.2, -0.15) is 0 Å². The molecule has 0 aliphatic heterocycles. The first-order valence-electron chi connectivity index (χ1n) is 10.3. The molecular formula is C24H26N2O4. The summed E-state index contributed by atoms with van der Waals surface area (Å²) < 4.78 is 5.40. The molecule has 0 bridgehead atoms. The third-order valence-electron chi connectivity index (χ3n) is 6.01. The molecule has 6 nitrogen and oxygen atoms in total. The molecule has 30 heavy (non-hydrogen) atoms. The number of carbonyl (C=O) groups is 2. The second-order valence-electron chi connectivity index (χ2n) is 9.11. The van der Waals surface area contributed by atoms with Crippen LogP contribution in [0.15, 0.2) is 46.2 Å². The summed E-state index contributed by atoms with van der Waals surface area (Å²) in [6.45, 7) is 4.05. The van der Waals surface area contributed by atoms with Crippen LogP contribution in [-0.4, -0.2) is 27.5 Å². The average molecular weight is 406 g/mol. The number of nitrogens with one attached hydrogen (secondary N) is 1. The molecule has 2 aliphatic rings. The van der Waals surface area contributed by atoms with Gasteiger partial charge in [-0.25, -0.2) is 0 Å². The SMILES string of the molecule is CC1(C)CC(=O)c2c(CC/C(O)=C3\C(=N)CC(c4ccccc4)CC3=O)noc2C1. The Bertz CT molecular complexity index is 1030. The fourth-order valence-corrected chi connectivity index (χ4v) is 4.56. The molecule has 2 aromatic rings. The Labute approximate surface area is 175 Å². The first-order chi connectivity index (χ1) is 14.2. The predicted molar refractivity (Wildman–Crippen MR) is 112 cm³/mol. The molecule has 0 spiro atoms. The molecule has 1 unspecified atom stereocenters. The summed E-state index contributed by atoms with van der Waals surface area (Å²) >= 11 is 0. The Hall–Kier alpha value is -3.02. The molecule has 1 aromatic heterocycles. The van der Waals surface area contributed by atoms with Crippen molar-refractivity contribution < 1.29 is 19.2 Å². The highest BCUT2D eigenvalue weighted by Gasteiger charge is 2.36. The number of allylic oxidation sites excluding steroid dienone is 2. The van der Waals surface area contributed by atoms with Gasteiger partial charge < -0.3 is 15.0 Å². The van der Waals surface area contributed by atoms with Crippen LogP contribution >= 0.6 is 0 Å². The Morgan fingerprint density at radius 2 is 1.90 bits per heavy atom.